The molecule has 1 amide bonds. The number of halogens is 1. The van der Waals surface area contributed by atoms with Crippen molar-refractivity contribution in [2.24, 2.45) is 0 Å². The highest BCUT2D eigenvalue weighted by atomic mass is 79.9. The first kappa shape index (κ1) is 14.5. The van der Waals surface area contributed by atoms with E-state index < -0.39 is 0 Å². The average molecular weight is 325 g/mol. The topological polar surface area (TPSA) is 32.3 Å². The van der Waals surface area contributed by atoms with Gasteiger partial charge < -0.3 is 10.2 Å². The van der Waals surface area contributed by atoms with E-state index in [-0.39, 0.29) is 5.91 Å². The summed E-state index contributed by atoms with van der Waals surface area (Å²) in [5.74, 6) is 0.153. The summed E-state index contributed by atoms with van der Waals surface area (Å²) in [5, 5.41) is 3.34. The molecule has 1 atom stereocenters. The Bertz CT molecular complexity index is 435. The molecule has 4 heteroatoms. The van der Waals surface area contributed by atoms with Crippen LogP contribution in [0, 0.1) is 6.92 Å². The number of aryl methyl sites for hydroxylation is 1. The summed E-state index contributed by atoms with van der Waals surface area (Å²) in [5.41, 5.74) is 1.89. The highest BCUT2D eigenvalue weighted by molar-refractivity contribution is 9.10. The minimum absolute atomic E-state index is 0.153. The van der Waals surface area contributed by atoms with Crippen LogP contribution in [0.4, 0.5) is 0 Å². The van der Waals surface area contributed by atoms with Crippen molar-refractivity contribution in [3.05, 3.63) is 33.8 Å². The molecule has 2 rings (SSSR count). The van der Waals surface area contributed by atoms with Gasteiger partial charge >= 0.3 is 0 Å². The van der Waals surface area contributed by atoms with Gasteiger partial charge in [-0.3, -0.25) is 4.79 Å². The molecular formula is C15H21BrN2O. The van der Waals surface area contributed by atoms with Gasteiger partial charge in [0.15, 0.2) is 0 Å². The van der Waals surface area contributed by atoms with Gasteiger partial charge in [-0.2, -0.15) is 0 Å². The van der Waals surface area contributed by atoms with E-state index in [2.05, 4.69) is 28.2 Å². The zero-order valence-corrected chi connectivity index (χ0v) is 13.2. The maximum atomic E-state index is 12.7. The average Bonchev–Trinajstić information content (AvgIpc) is 2.87. The second-order valence-electron chi connectivity index (χ2n) is 5.16. The quantitative estimate of drug-likeness (QED) is 0.923. The molecule has 0 radical (unpaired) electrons. The molecule has 1 aromatic rings. The molecule has 1 fully saturated rings. The zero-order chi connectivity index (χ0) is 13.8. The van der Waals surface area contributed by atoms with Gasteiger partial charge in [-0.15, -0.1) is 0 Å². The van der Waals surface area contributed by atoms with Crippen LogP contribution in [0.1, 0.15) is 35.7 Å². The first-order valence-corrected chi connectivity index (χ1v) is 7.70. The summed E-state index contributed by atoms with van der Waals surface area (Å²) >= 11 is 3.47. The predicted octanol–water partition coefficient (Wildman–Crippen LogP) is 2.97. The Morgan fingerprint density at radius 2 is 2.26 bits per heavy atom. The minimum Gasteiger partial charge on any atom is -0.334 e. The number of hydrogen-bond donors (Lipinski definition) is 1. The van der Waals surface area contributed by atoms with Crippen LogP contribution < -0.4 is 5.32 Å². The molecule has 0 spiro atoms. The van der Waals surface area contributed by atoms with Crippen LogP contribution in [-0.2, 0) is 0 Å². The molecule has 1 unspecified atom stereocenters. The molecule has 0 aliphatic carbocycles. The summed E-state index contributed by atoms with van der Waals surface area (Å²) in [4.78, 5) is 14.7. The molecular weight excluding hydrogens is 304 g/mol. The molecule has 1 aliphatic rings. The second-order valence-corrected chi connectivity index (χ2v) is 6.08. The number of carbonyl (C=O) groups excluding carboxylic acids is 1. The monoisotopic (exact) mass is 324 g/mol. The Morgan fingerprint density at radius 3 is 2.84 bits per heavy atom. The van der Waals surface area contributed by atoms with E-state index in [9.17, 15) is 4.79 Å². The number of nitrogens with one attached hydrogen (secondary N) is 1. The molecule has 0 saturated carbocycles. The number of hydrogen-bond acceptors (Lipinski definition) is 2. The number of amides is 1. The standard InChI is InChI=1S/C15H21BrN2O/c1-3-6-18(14-4-5-17-10-14)15(19)12-7-11(2)8-13(16)9-12/h7-9,14,17H,3-6,10H2,1-2H3. The van der Waals surface area contributed by atoms with Gasteiger partial charge in [0.05, 0.1) is 0 Å². The molecule has 0 bridgehead atoms. The van der Waals surface area contributed by atoms with Gasteiger partial charge in [0.25, 0.3) is 5.91 Å². The van der Waals surface area contributed by atoms with Gasteiger partial charge in [0.1, 0.15) is 0 Å². The van der Waals surface area contributed by atoms with E-state index >= 15 is 0 Å². The fourth-order valence-electron chi connectivity index (χ4n) is 2.62. The van der Waals surface area contributed by atoms with Crippen LogP contribution >= 0.6 is 15.9 Å². The third kappa shape index (κ3) is 3.57. The summed E-state index contributed by atoms with van der Waals surface area (Å²) < 4.78 is 0.969. The maximum Gasteiger partial charge on any atom is 0.254 e. The number of carbonyl (C=O) groups is 1. The smallest absolute Gasteiger partial charge is 0.254 e. The fraction of sp³-hybridized carbons (Fsp3) is 0.533. The Hall–Kier alpha value is -0.870. The van der Waals surface area contributed by atoms with Crippen molar-refractivity contribution in [2.75, 3.05) is 19.6 Å². The first-order chi connectivity index (χ1) is 9.11. The molecule has 1 aliphatic heterocycles. The molecule has 104 valence electrons. The van der Waals surface area contributed by atoms with Crippen molar-refractivity contribution in [1.82, 2.24) is 10.2 Å². The van der Waals surface area contributed by atoms with Gasteiger partial charge in [-0.1, -0.05) is 22.9 Å². The highest BCUT2D eigenvalue weighted by Crippen LogP contribution is 2.19. The third-order valence-corrected chi connectivity index (χ3v) is 3.95. The third-order valence-electron chi connectivity index (χ3n) is 3.49. The number of nitrogens with zero attached hydrogens (tertiary/aromatic N) is 1. The summed E-state index contributed by atoms with van der Waals surface area (Å²) in [6.07, 6.45) is 2.05. The van der Waals surface area contributed by atoms with Crippen molar-refractivity contribution in [3.8, 4) is 0 Å². The second kappa shape index (κ2) is 6.53. The lowest BCUT2D eigenvalue weighted by molar-refractivity contribution is 0.0692. The predicted molar refractivity (Wildman–Crippen MR) is 81.5 cm³/mol. The van der Waals surface area contributed by atoms with E-state index in [0.29, 0.717) is 6.04 Å². The Labute approximate surface area is 123 Å². The molecule has 1 aromatic carbocycles. The molecule has 3 nitrogen and oxygen atoms in total. The molecule has 19 heavy (non-hydrogen) atoms. The van der Waals surface area contributed by atoms with Crippen molar-refractivity contribution in [3.63, 3.8) is 0 Å². The van der Waals surface area contributed by atoms with Crippen molar-refractivity contribution >= 4 is 21.8 Å². The summed E-state index contributed by atoms with van der Waals surface area (Å²) in [7, 11) is 0. The minimum atomic E-state index is 0.153. The Kier molecular flexibility index (Phi) is 4.99. The largest absolute Gasteiger partial charge is 0.334 e. The van der Waals surface area contributed by atoms with Crippen molar-refractivity contribution < 1.29 is 4.79 Å². The van der Waals surface area contributed by atoms with Gasteiger partial charge in [0.2, 0.25) is 0 Å². The van der Waals surface area contributed by atoms with Crippen LogP contribution in [0.5, 0.6) is 0 Å². The van der Waals surface area contributed by atoms with E-state index in [1.54, 1.807) is 0 Å². The van der Waals surface area contributed by atoms with Crippen LogP contribution in [0.25, 0.3) is 0 Å². The van der Waals surface area contributed by atoms with Crippen LogP contribution in [0.2, 0.25) is 0 Å². The lowest BCUT2D eigenvalue weighted by Gasteiger charge is -2.28. The summed E-state index contributed by atoms with van der Waals surface area (Å²) in [6.45, 7) is 6.89. The van der Waals surface area contributed by atoms with Gasteiger partial charge in [-0.05, 0) is 50.1 Å². The van der Waals surface area contributed by atoms with Crippen molar-refractivity contribution in [2.45, 2.75) is 32.7 Å². The fourth-order valence-corrected chi connectivity index (χ4v) is 3.23. The van der Waals surface area contributed by atoms with Crippen LogP contribution in [-0.4, -0.2) is 36.5 Å². The highest BCUT2D eigenvalue weighted by Gasteiger charge is 2.26. The lowest BCUT2D eigenvalue weighted by atomic mass is 10.1. The van der Waals surface area contributed by atoms with E-state index in [0.717, 1.165) is 48.1 Å². The van der Waals surface area contributed by atoms with Crippen molar-refractivity contribution in [1.29, 1.82) is 0 Å². The van der Waals surface area contributed by atoms with Gasteiger partial charge in [-0.25, -0.2) is 0 Å². The van der Waals surface area contributed by atoms with Crippen LogP contribution in [0.15, 0.2) is 22.7 Å². The summed E-state index contributed by atoms with van der Waals surface area (Å²) in [6, 6.07) is 6.25. The number of benzene rings is 1. The Morgan fingerprint density at radius 1 is 1.47 bits per heavy atom. The lowest BCUT2D eigenvalue weighted by Crippen LogP contribution is -2.42. The van der Waals surface area contributed by atoms with E-state index in [1.165, 1.54) is 0 Å². The number of rotatable bonds is 4. The zero-order valence-electron chi connectivity index (χ0n) is 11.6. The van der Waals surface area contributed by atoms with E-state index in [4.69, 9.17) is 0 Å². The molecule has 1 saturated heterocycles. The van der Waals surface area contributed by atoms with Gasteiger partial charge in [0, 0.05) is 29.2 Å². The van der Waals surface area contributed by atoms with E-state index in [1.807, 2.05) is 30.0 Å². The van der Waals surface area contributed by atoms with Crippen LogP contribution in [0.3, 0.4) is 0 Å². The molecule has 1 N–H and O–H groups in total. The normalized spacial score (nSPS) is 18.6. The first-order valence-electron chi connectivity index (χ1n) is 6.90. The SMILES string of the molecule is CCCN(C(=O)c1cc(C)cc(Br)c1)C1CCNC1. The molecule has 1 heterocycles. The maximum absolute atomic E-state index is 12.7. The Balaban J connectivity index is 2.22. The molecule has 0 aromatic heterocycles.